The van der Waals surface area contributed by atoms with Crippen molar-refractivity contribution in [3.8, 4) is 11.3 Å². The molecule has 1 N–H and O–H groups in total. The SMILES string of the molecule is COC(=O)C1(Cc2ccccc2)CC(CNC(=O)c2cc(-c3cccnc3)nn2C(C)C)=NO1. The zero-order chi connectivity index (χ0) is 24.1. The number of ether oxygens (including phenoxy) is 1. The van der Waals surface area contributed by atoms with Crippen LogP contribution in [-0.2, 0) is 20.8 Å². The zero-order valence-corrected chi connectivity index (χ0v) is 19.4. The van der Waals surface area contributed by atoms with Gasteiger partial charge in [-0.15, -0.1) is 0 Å². The van der Waals surface area contributed by atoms with Crippen LogP contribution in [0.1, 0.15) is 42.4 Å². The molecular weight excluding hydrogens is 434 g/mol. The summed E-state index contributed by atoms with van der Waals surface area (Å²) >= 11 is 0. The fourth-order valence-electron chi connectivity index (χ4n) is 3.91. The summed E-state index contributed by atoms with van der Waals surface area (Å²) in [5.74, 6) is -0.793. The van der Waals surface area contributed by atoms with E-state index in [1.54, 1.807) is 23.1 Å². The Labute approximate surface area is 197 Å². The number of pyridine rings is 1. The molecule has 176 valence electrons. The molecule has 1 atom stereocenters. The van der Waals surface area contributed by atoms with Gasteiger partial charge in [-0.25, -0.2) is 4.79 Å². The molecule has 0 saturated carbocycles. The van der Waals surface area contributed by atoms with Gasteiger partial charge >= 0.3 is 5.97 Å². The summed E-state index contributed by atoms with van der Waals surface area (Å²) in [6.45, 7) is 4.05. The number of methoxy groups -OCH3 is 1. The van der Waals surface area contributed by atoms with E-state index in [-0.39, 0.29) is 24.9 Å². The molecule has 9 nitrogen and oxygen atoms in total. The van der Waals surface area contributed by atoms with Crippen molar-refractivity contribution in [2.24, 2.45) is 5.16 Å². The number of benzene rings is 1. The lowest BCUT2D eigenvalue weighted by molar-refractivity contribution is -0.166. The Hall–Kier alpha value is -4.01. The Morgan fingerprint density at radius 3 is 2.68 bits per heavy atom. The van der Waals surface area contributed by atoms with E-state index in [9.17, 15) is 9.59 Å². The first-order valence-electron chi connectivity index (χ1n) is 11.1. The minimum absolute atomic E-state index is 0.0174. The van der Waals surface area contributed by atoms with Gasteiger partial charge in [0.2, 0.25) is 5.60 Å². The number of rotatable bonds is 8. The van der Waals surface area contributed by atoms with Crippen LogP contribution < -0.4 is 5.32 Å². The monoisotopic (exact) mass is 461 g/mol. The van der Waals surface area contributed by atoms with Gasteiger partial charge in [-0.3, -0.25) is 14.5 Å². The van der Waals surface area contributed by atoms with Crippen molar-refractivity contribution in [3.63, 3.8) is 0 Å². The van der Waals surface area contributed by atoms with E-state index >= 15 is 0 Å². The summed E-state index contributed by atoms with van der Waals surface area (Å²) in [6, 6.07) is 15.0. The van der Waals surface area contributed by atoms with Gasteiger partial charge in [-0.05, 0) is 37.6 Å². The predicted octanol–water partition coefficient (Wildman–Crippen LogP) is 3.19. The highest BCUT2D eigenvalue weighted by Crippen LogP contribution is 2.30. The van der Waals surface area contributed by atoms with Crippen LogP contribution in [0.4, 0.5) is 0 Å². The molecule has 0 radical (unpaired) electrons. The van der Waals surface area contributed by atoms with Crippen molar-refractivity contribution in [3.05, 3.63) is 72.2 Å². The average Bonchev–Trinajstić information content (AvgIpc) is 3.49. The number of esters is 1. The van der Waals surface area contributed by atoms with E-state index in [2.05, 4.69) is 20.6 Å². The van der Waals surface area contributed by atoms with Crippen LogP contribution in [0.2, 0.25) is 0 Å². The van der Waals surface area contributed by atoms with Gasteiger partial charge in [0.25, 0.3) is 5.91 Å². The lowest BCUT2D eigenvalue weighted by Gasteiger charge is -2.23. The van der Waals surface area contributed by atoms with E-state index in [1.807, 2.05) is 56.3 Å². The number of hydrogen-bond donors (Lipinski definition) is 1. The Morgan fingerprint density at radius 1 is 1.21 bits per heavy atom. The molecule has 3 aromatic rings. The van der Waals surface area contributed by atoms with Gasteiger partial charge < -0.3 is 14.9 Å². The minimum atomic E-state index is -1.25. The highest BCUT2D eigenvalue weighted by Gasteiger charge is 2.47. The van der Waals surface area contributed by atoms with Crippen LogP contribution in [0.15, 0.2) is 66.1 Å². The molecule has 34 heavy (non-hydrogen) atoms. The maximum atomic E-state index is 13.0. The Balaban J connectivity index is 1.46. The quantitative estimate of drug-likeness (QED) is 0.516. The number of carbonyl (C=O) groups is 2. The lowest BCUT2D eigenvalue weighted by Crippen LogP contribution is -2.43. The van der Waals surface area contributed by atoms with Crippen molar-refractivity contribution >= 4 is 17.6 Å². The highest BCUT2D eigenvalue weighted by atomic mass is 16.7. The van der Waals surface area contributed by atoms with Crippen LogP contribution in [0, 0.1) is 0 Å². The fourth-order valence-corrected chi connectivity index (χ4v) is 3.91. The Morgan fingerprint density at radius 2 is 2.00 bits per heavy atom. The Kier molecular flexibility index (Phi) is 6.72. The van der Waals surface area contributed by atoms with Crippen molar-refractivity contribution in [2.75, 3.05) is 13.7 Å². The second kappa shape index (κ2) is 9.86. The first-order chi connectivity index (χ1) is 16.4. The number of nitrogens with one attached hydrogen (secondary N) is 1. The van der Waals surface area contributed by atoms with Crippen LogP contribution in [-0.4, -0.2) is 51.6 Å². The lowest BCUT2D eigenvalue weighted by atomic mass is 9.89. The number of aromatic nitrogens is 3. The molecule has 0 spiro atoms. The molecule has 0 aliphatic carbocycles. The van der Waals surface area contributed by atoms with Gasteiger partial charge in [0.05, 0.1) is 25.1 Å². The largest absolute Gasteiger partial charge is 0.466 e. The molecule has 1 aliphatic rings. The standard InChI is InChI=1S/C25H27N5O4/c1-17(2)30-22(12-21(28-30)19-10-7-11-26-15-19)23(31)27-16-20-14-25(34-29-20,24(32)33-3)13-18-8-5-4-6-9-18/h4-12,15,17H,13-14,16H2,1-3H3,(H,27,31). The normalized spacial score (nSPS) is 17.2. The number of hydrogen-bond acceptors (Lipinski definition) is 7. The second-order valence-electron chi connectivity index (χ2n) is 8.45. The summed E-state index contributed by atoms with van der Waals surface area (Å²) in [5, 5.41) is 11.6. The molecule has 2 aromatic heterocycles. The maximum absolute atomic E-state index is 13.0. The fraction of sp³-hybridized carbons (Fsp3) is 0.320. The Bertz CT molecular complexity index is 1190. The molecular formula is C25H27N5O4. The molecule has 0 saturated heterocycles. The van der Waals surface area contributed by atoms with Crippen molar-refractivity contribution in [1.29, 1.82) is 0 Å². The van der Waals surface area contributed by atoms with Crippen LogP contribution in [0.3, 0.4) is 0 Å². The number of amides is 1. The molecule has 1 amide bonds. The minimum Gasteiger partial charge on any atom is -0.466 e. The molecule has 1 aromatic carbocycles. The molecule has 0 fully saturated rings. The van der Waals surface area contributed by atoms with Gasteiger partial charge in [0.15, 0.2) is 0 Å². The molecule has 1 unspecified atom stereocenters. The van der Waals surface area contributed by atoms with Gasteiger partial charge in [0, 0.05) is 36.8 Å². The van der Waals surface area contributed by atoms with Gasteiger partial charge in [-0.1, -0.05) is 35.5 Å². The maximum Gasteiger partial charge on any atom is 0.353 e. The third kappa shape index (κ3) is 4.83. The summed E-state index contributed by atoms with van der Waals surface area (Å²) in [6.07, 6.45) is 3.93. The predicted molar refractivity (Wildman–Crippen MR) is 126 cm³/mol. The first kappa shape index (κ1) is 23.2. The third-order valence-electron chi connectivity index (χ3n) is 5.60. The van der Waals surface area contributed by atoms with E-state index in [1.165, 1.54) is 7.11 Å². The molecule has 0 bridgehead atoms. The topological polar surface area (TPSA) is 108 Å². The van der Waals surface area contributed by atoms with Crippen molar-refractivity contribution in [2.45, 2.75) is 38.3 Å². The number of nitrogens with zero attached hydrogens (tertiary/aromatic N) is 4. The smallest absolute Gasteiger partial charge is 0.353 e. The summed E-state index contributed by atoms with van der Waals surface area (Å²) in [4.78, 5) is 35.4. The highest BCUT2D eigenvalue weighted by molar-refractivity contribution is 5.99. The summed E-state index contributed by atoms with van der Waals surface area (Å²) < 4.78 is 6.68. The number of oxime groups is 1. The molecule has 9 heteroatoms. The van der Waals surface area contributed by atoms with Crippen LogP contribution in [0.25, 0.3) is 11.3 Å². The van der Waals surface area contributed by atoms with Crippen LogP contribution in [0.5, 0.6) is 0 Å². The number of carbonyl (C=O) groups excluding carboxylic acids is 2. The summed E-state index contributed by atoms with van der Waals surface area (Å²) in [7, 11) is 1.32. The second-order valence-corrected chi connectivity index (χ2v) is 8.45. The van der Waals surface area contributed by atoms with E-state index in [0.29, 0.717) is 23.5 Å². The molecule has 4 rings (SSSR count). The first-order valence-corrected chi connectivity index (χ1v) is 11.1. The van der Waals surface area contributed by atoms with Crippen molar-refractivity contribution < 1.29 is 19.2 Å². The van der Waals surface area contributed by atoms with E-state index < -0.39 is 11.6 Å². The molecule has 1 aliphatic heterocycles. The van der Waals surface area contributed by atoms with E-state index in [4.69, 9.17) is 9.57 Å². The zero-order valence-electron chi connectivity index (χ0n) is 19.4. The third-order valence-corrected chi connectivity index (χ3v) is 5.60. The summed E-state index contributed by atoms with van der Waals surface area (Å²) in [5.41, 5.74) is 2.16. The average molecular weight is 462 g/mol. The van der Waals surface area contributed by atoms with Crippen molar-refractivity contribution in [1.82, 2.24) is 20.1 Å². The van der Waals surface area contributed by atoms with Crippen LogP contribution >= 0.6 is 0 Å². The van der Waals surface area contributed by atoms with E-state index in [0.717, 1.165) is 11.1 Å². The molecule has 3 heterocycles. The van der Waals surface area contributed by atoms with Gasteiger partial charge in [0.1, 0.15) is 5.69 Å². The van der Waals surface area contributed by atoms with Gasteiger partial charge in [-0.2, -0.15) is 5.10 Å².